The molecule has 4 heteroatoms. The summed E-state index contributed by atoms with van der Waals surface area (Å²) in [5.74, 6) is 0.842. The molecule has 0 aliphatic carbocycles. The van der Waals surface area contributed by atoms with Gasteiger partial charge in [-0.15, -0.1) is 0 Å². The fourth-order valence-corrected chi connectivity index (χ4v) is 2.99. The van der Waals surface area contributed by atoms with Gasteiger partial charge in [0.25, 0.3) is 0 Å². The number of hydrogen-bond acceptors (Lipinski definition) is 3. The Morgan fingerprint density at radius 3 is 2.18 bits per heavy atom. The normalized spacial score (nSPS) is 10.5. The second-order valence-electron chi connectivity index (χ2n) is 6.44. The van der Waals surface area contributed by atoms with E-state index >= 15 is 0 Å². The number of benzene rings is 3. The Hall–Kier alpha value is -3.27. The van der Waals surface area contributed by atoms with Gasteiger partial charge < -0.3 is 14.6 Å². The second-order valence-corrected chi connectivity index (χ2v) is 6.44. The van der Waals surface area contributed by atoms with E-state index < -0.39 is 5.97 Å². The van der Waals surface area contributed by atoms with Gasteiger partial charge in [-0.05, 0) is 59.9 Å². The number of aryl methyl sites for hydroxylation is 1. The predicted octanol–water partition coefficient (Wildman–Crippen LogP) is 5.35. The maximum absolute atomic E-state index is 10.7. The lowest BCUT2D eigenvalue weighted by Crippen LogP contribution is -1.99. The highest BCUT2D eigenvalue weighted by molar-refractivity contribution is 5.68. The molecule has 4 nitrogen and oxygen atoms in total. The monoisotopic (exact) mass is 376 g/mol. The van der Waals surface area contributed by atoms with E-state index in [0.29, 0.717) is 19.6 Å². The summed E-state index contributed by atoms with van der Waals surface area (Å²) in [5, 5.41) is 8.77. The predicted molar refractivity (Wildman–Crippen MR) is 110 cm³/mol. The number of aliphatic carboxylic acids is 1. The SMILES string of the molecule is CCOc1ccc(-c2ccccc2COc2ccc(CCC(=O)O)cc2)cc1. The summed E-state index contributed by atoms with van der Waals surface area (Å²) < 4.78 is 11.5. The number of ether oxygens (including phenoxy) is 2. The third kappa shape index (κ3) is 5.36. The van der Waals surface area contributed by atoms with E-state index in [0.717, 1.165) is 33.8 Å². The number of hydrogen-bond donors (Lipinski definition) is 1. The van der Waals surface area contributed by atoms with Crippen LogP contribution in [0.15, 0.2) is 72.8 Å². The summed E-state index contributed by atoms with van der Waals surface area (Å²) in [6.07, 6.45) is 0.659. The molecule has 0 aliphatic heterocycles. The van der Waals surface area contributed by atoms with Crippen LogP contribution in [0.25, 0.3) is 11.1 Å². The number of carbonyl (C=O) groups is 1. The largest absolute Gasteiger partial charge is 0.494 e. The molecule has 3 aromatic carbocycles. The van der Waals surface area contributed by atoms with Crippen molar-refractivity contribution in [2.75, 3.05) is 6.61 Å². The van der Waals surface area contributed by atoms with Gasteiger partial charge in [-0.1, -0.05) is 48.5 Å². The van der Waals surface area contributed by atoms with Crippen molar-refractivity contribution in [3.05, 3.63) is 83.9 Å². The van der Waals surface area contributed by atoms with Gasteiger partial charge in [0.15, 0.2) is 0 Å². The molecule has 0 amide bonds. The molecule has 0 atom stereocenters. The molecular weight excluding hydrogens is 352 g/mol. The van der Waals surface area contributed by atoms with Crippen LogP contribution < -0.4 is 9.47 Å². The summed E-state index contributed by atoms with van der Waals surface area (Å²) in [5.41, 5.74) is 4.33. The first-order chi connectivity index (χ1) is 13.7. The molecule has 0 saturated carbocycles. The lowest BCUT2D eigenvalue weighted by molar-refractivity contribution is -0.136. The van der Waals surface area contributed by atoms with Crippen LogP contribution in [0.3, 0.4) is 0 Å². The molecule has 3 aromatic rings. The zero-order valence-electron chi connectivity index (χ0n) is 15.9. The minimum absolute atomic E-state index is 0.135. The zero-order valence-corrected chi connectivity index (χ0v) is 15.9. The molecule has 0 saturated heterocycles. The van der Waals surface area contributed by atoms with E-state index in [9.17, 15) is 4.79 Å². The van der Waals surface area contributed by atoms with Crippen molar-refractivity contribution in [3.63, 3.8) is 0 Å². The first-order valence-electron chi connectivity index (χ1n) is 9.40. The molecule has 144 valence electrons. The fraction of sp³-hybridized carbons (Fsp3) is 0.208. The zero-order chi connectivity index (χ0) is 19.8. The minimum atomic E-state index is -0.786. The molecule has 0 bridgehead atoms. The molecule has 0 fully saturated rings. The summed E-state index contributed by atoms with van der Waals surface area (Å²) in [6, 6.07) is 23.8. The van der Waals surface area contributed by atoms with Gasteiger partial charge in [0.1, 0.15) is 18.1 Å². The molecule has 1 N–H and O–H groups in total. The van der Waals surface area contributed by atoms with Gasteiger partial charge in [0, 0.05) is 6.42 Å². The first-order valence-corrected chi connectivity index (χ1v) is 9.40. The lowest BCUT2D eigenvalue weighted by Gasteiger charge is -2.12. The maximum atomic E-state index is 10.7. The van der Waals surface area contributed by atoms with Crippen LogP contribution in [0.2, 0.25) is 0 Å². The van der Waals surface area contributed by atoms with Gasteiger partial charge in [-0.2, -0.15) is 0 Å². The highest BCUT2D eigenvalue weighted by Gasteiger charge is 2.06. The summed E-state index contributed by atoms with van der Waals surface area (Å²) in [7, 11) is 0. The van der Waals surface area contributed by atoms with Crippen molar-refractivity contribution in [1.82, 2.24) is 0 Å². The molecule has 0 spiro atoms. The first kappa shape index (κ1) is 19.5. The van der Waals surface area contributed by atoms with E-state index in [4.69, 9.17) is 14.6 Å². The van der Waals surface area contributed by atoms with E-state index in [2.05, 4.69) is 24.3 Å². The molecule has 28 heavy (non-hydrogen) atoms. The third-order valence-corrected chi connectivity index (χ3v) is 4.44. The summed E-state index contributed by atoms with van der Waals surface area (Å²) in [4.78, 5) is 10.7. The van der Waals surface area contributed by atoms with Crippen LogP contribution in [0.1, 0.15) is 24.5 Å². The summed E-state index contributed by atoms with van der Waals surface area (Å²) in [6.45, 7) is 3.08. The van der Waals surface area contributed by atoms with Crippen LogP contribution >= 0.6 is 0 Å². The van der Waals surface area contributed by atoms with Crippen molar-refractivity contribution in [2.24, 2.45) is 0 Å². The van der Waals surface area contributed by atoms with E-state index in [1.165, 1.54) is 0 Å². The average Bonchev–Trinajstić information content (AvgIpc) is 2.72. The van der Waals surface area contributed by atoms with Crippen molar-refractivity contribution in [1.29, 1.82) is 0 Å². The number of carboxylic acids is 1. The Labute approximate surface area is 165 Å². The lowest BCUT2D eigenvalue weighted by atomic mass is 10.00. The van der Waals surface area contributed by atoms with Crippen LogP contribution in [0.5, 0.6) is 11.5 Å². The van der Waals surface area contributed by atoms with Crippen LogP contribution in [-0.2, 0) is 17.8 Å². The Morgan fingerprint density at radius 1 is 0.857 bits per heavy atom. The maximum Gasteiger partial charge on any atom is 0.303 e. The van der Waals surface area contributed by atoms with Gasteiger partial charge >= 0.3 is 5.97 Å². The molecule has 0 aromatic heterocycles. The Morgan fingerprint density at radius 2 is 1.50 bits per heavy atom. The Bertz CT molecular complexity index is 899. The van der Waals surface area contributed by atoms with E-state index in [1.54, 1.807) is 0 Å². The van der Waals surface area contributed by atoms with E-state index in [1.807, 2.05) is 55.5 Å². The minimum Gasteiger partial charge on any atom is -0.494 e. The van der Waals surface area contributed by atoms with Gasteiger partial charge in [0.05, 0.1) is 6.61 Å². The Balaban J connectivity index is 1.67. The van der Waals surface area contributed by atoms with Gasteiger partial charge in [-0.3, -0.25) is 4.79 Å². The molecular formula is C24H24O4. The smallest absolute Gasteiger partial charge is 0.303 e. The quantitative estimate of drug-likeness (QED) is 0.547. The average molecular weight is 376 g/mol. The van der Waals surface area contributed by atoms with Crippen LogP contribution in [0.4, 0.5) is 0 Å². The summed E-state index contributed by atoms with van der Waals surface area (Å²) >= 11 is 0. The standard InChI is InChI=1S/C24H24O4/c1-2-27-21-14-10-19(11-15-21)23-6-4-3-5-20(23)17-28-22-12-7-18(8-13-22)9-16-24(25)26/h3-8,10-15H,2,9,16-17H2,1H3,(H,25,26). The van der Waals surface area contributed by atoms with E-state index in [-0.39, 0.29) is 6.42 Å². The topological polar surface area (TPSA) is 55.8 Å². The molecule has 0 heterocycles. The van der Waals surface area contributed by atoms with Gasteiger partial charge in [0.2, 0.25) is 0 Å². The number of carboxylic acid groups (broad SMARTS) is 1. The van der Waals surface area contributed by atoms with Crippen LogP contribution in [0, 0.1) is 0 Å². The van der Waals surface area contributed by atoms with Crippen molar-refractivity contribution >= 4 is 5.97 Å². The molecule has 0 unspecified atom stereocenters. The molecule has 3 rings (SSSR count). The molecule has 0 radical (unpaired) electrons. The van der Waals surface area contributed by atoms with Gasteiger partial charge in [-0.25, -0.2) is 0 Å². The number of rotatable bonds is 9. The Kier molecular flexibility index (Phi) is 6.68. The van der Waals surface area contributed by atoms with Crippen LogP contribution in [-0.4, -0.2) is 17.7 Å². The third-order valence-electron chi connectivity index (χ3n) is 4.44. The highest BCUT2D eigenvalue weighted by Crippen LogP contribution is 2.27. The molecule has 0 aliphatic rings. The van der Waals surface area contributed by atoms with Crippen molar-refractivity contribution in [3.8, 4) is 22.6 Å². The van der Waals surface area contributed by atoms with Crippen molar-refractivity contribution in [2.45, 2.75) is 26.4 Å². The van der Waals surface area contributed by atoms with Crippen molar-refractivity contribution < 1.29 is 19.4 Å². The fourth-order valence-electron chi connectivity index (χ4n) is 2.99. The highest BCUT2D eigenvalue weighted by atomic mass is 16.5. The second kappa shape index (κ2) is 9.60.